The summed E-state index contributed by atoms with van der Waals surface area (Å²) in [7, 11) is 0. The lowest BCUT2D eigenvalue weighted by atomic mass is 10.1. The molecule has 27 heavy (non-hydrogen) atoms. The van der Waals surface area contributed by atoms with Gasteiger partial charge in [0, 0.05) is 37.0 Å². The number of piperazine rings is 1. The fourth-order valence-electron chi connectivity index (χ4n) is 3.54. The lowest BCUT2D eigenvalue weighted by molar-refractivity contribution is -0.134. The second kappa shape index (κ2) is 8.23. The van der Waals surface area contributed by atoms with E-state index in [1.807, 2.05) is 46.7 Å². The summed E-state index contributed by atoms with van der Waals surface area (Å²) >= 11 is 1.65. The van der Waals surface area contributed by atoms with Crippen molar-refractivity contribution in [1.82, 2.24) is 15.1 Å². The van der Waals surface area contributed by atoms with Crippen LogP contribution in [0.15, 0.2) is 47.8 Å². The minimum atomic E-state index is -0.114. The molecule has 1 saturated carbocycles. The van der Waals surface area contributed by atoms with Crippen LogP contribution in [0.3, 0.4) is 0 Å². The number of benzene rings is 1. The van der Waals surface area contributed by atoms with Crippen LogP contribution in [0.4, 0.5) is 0 Å². The quantitative estimate of drug-likeness (QED) is 0.834. The Kier molecular flexibility index (Phi) is 5.55. The number of rotatable bonds is 6. The molecule has 1 aliphatic heterocycles. The zero-order chi connectivity index (χ0) is 18.6. The van der Waals surface area contributed by atoms with E-state index < -0.39 is 0 Å². The average molecular weight is 384 g/mol. The van der Waals surface area contributed by atoms with Crippen LogP contribution in [0.25, 0.3) is 0 Å². The monoisotopic (exact) mass is 383 g/mol. The Morgan fingerprint density at radius 3 is 2.41 bits per heavy atom. The fourth-order valence-corrected chi connectivity index (χ4v) is 4.35. The molecule has 2 aliphatic rings. The maximum Gasteiger partial charge on any atom is 0.234 e. The first-order chi connectivity index (χ1) is 13.2. The summed E-state index contributed by atoms with van der Waals surface area (Å²) in [5, 5.41) is 5.23. The van der Waals surface area contributed by atoms with Gasteiger partial charge in [-0.3, -0.25) is 14.5 Å². The van der Waals surface area contributed by atoms with Crippen LogP contribution < -0.4 is 5.32 Å². The molecule has 0 bridgehead atoms. The van der Waals surface area contributed by atoms with Crippen LogP contribution in [0.5, 0.6) is 0 Å². The molecule has 5 nitrogen and oxygen atoms in total. The number of hydrogen-bond acceptors (Lipinski definition) is 4. The number of carbonyl (C=O) groups excluding carboxylic acids is 2. The van der Waals surface area contributed by atoms with Gasteiger partial charge in [0.2, 0.25) is 11.8 Å². The van der Waals surface area contributed by atoms with Crippen molar-refractivity contribution in [1.29, 1.82) is 0 Å². The molecular weight excluding hydrogens is 358 g/mol. The van der Waals surface area contributed by atoms with E-state index in [9.17, 15) is 9.59 Å². The largest absolute Gasteiger partial charge is 0.343 e. The molecule has 0 spiro atoms. The molecule has 2 amide bonds. The number of hydrogen-bond donors (Lipinski definition) is 1. The third-order valence-corrected chi connectivity index (χ3v) is 6.18. The highest BCUT2D eigenvalue weighted by molar-refractivity contribution is 7.10. The maximum atomic E-state index is 12.7. The zero-order valence-electron chi connectivity index (χ0n) is 15.3. The van der Waals surface area contributed by atoms with Gasteiger partial charge in [0.1, 0.15) is 0 Å². The average Bonchev–Trinajstić information content (AvgIpc) is 3.41. The molecule has 142 valence electrons. The van der Waals surface area contributed by atoms with Gasteiger partial charge in [-0.15, -0.1) is 11.3 Å². The summed E-state index contributed by atoms with van der Waals surface area (Å²) in [5.41, 5.74) is 1.09. The minimum Gasteiger partial charge on any atom is -0.343 e. The molecule has 1 atom stereocenters. The number of nitrogens with one attached hydrogen (secondary N) is 1. The van der Waals surface area contributed by atoms with Crippen LogP contribution in [0.1, 0.15) is 29.3 Å². The molecule has 0 unspecified atom stereocenters. The van der Waals surface area contributed by atoms with E-state index in [1.54, 1.807) is 11.3 Å². The minimum absolute atomic E-state index is 0.0271. The van der Waals surface area contributed by atoms with Crippen molar-refractivity contribution in [2.24, 2.45) is 5.92 Å². The van der Waals surface area contributed by atoms with Gasteiger partial charge in [-0.2, -0.15) is 0 Å². The van der Waals surface area contributed by atoms with Crippen LogP contribution in [-0.4, -0.2) is 54.3 Å². The molecule has 0 radical (unpaired) electrons. The third-order valence-electron chi connectivity index (χ3n) is 5.24. The molecule has 4 rings (SSSR count). The molecule has 1 N–H and O–H groups in total. The van der Waals surface area contributed by atoms with Gasteiger partial charge in [0.15, 0.2) is 0 Å². The highest BCUT2D eigenvalue weighted by atomic mass is 32.1. The van der Waals surface area contributed by atoms with Crippen molar-refractivity contribution >= 4 is 23.2 Å². The second-order valence-corrected chi connectivity index (χ2v) is 8.28. The highest BCUT2D eigenvalue weighted by Gasteiger charge is 2.34. The molecule has 2 aromatic rings. The van der Waals surface area contributed by atoms with Crippen LogP contribution in [0, 0.1) is 5.92 Å². The first-order valence-electron chi connectivity index (χ1n) is 9.59. The lowest BCUT2D eigenvalue weighted by Gasteiger charge is -2.34. The van der Waals surface area contributed by atoms with Gasteiger partial charge in [-0.05, 0) is 29.9 Å². The van der Waals surface area contributed by atoms with Crippen molar-refractivity contribution in [3.8, 4) is 0 Å². The number of carbonyl (C=O) groups is 2. The molecule has 1 aromatic carbocycles. The van der Waals surface area contributed by atoms with Crippen LogP contribution >= 0.6 is 11.3 Å². The Labute approximate surface area is 164 Å². The van der Waals surface area contributed by atoms with E-state index in [1.165, 1.54) is 0 Å². The first-order valence-corrected chi connectivity index (χ1v) is 10.5. The van der Waals surface area contributed by atoms with Crippen molar-refractivity contribution in [3.05, 3.63) is 58.3 Å². The summed E-state index contributed by atoms with van der Waals surface area (Å²) in [4.78, 5) is 30.1. The van der Waals surface area contributed by atoms with Gasteiger partial charge in [-0.1, -0.05) is 36.4 Å². The number of amides is 2. The van der Waals surface area contributed by atoms with E-state index >= 15 is 0 Å². The fraction of sp³-hybridized carbons (Fsp3) is 0.429. The predicted molar refractivity (Wildman–Crippen MR) is 106 cm³/mol. The Hall–Kier alpha value is -2.18. The van der Waals surface area contributed by atoms with Crippen molar-refractivity contribution in [3.63, 3.8) is 0 Å². The van der Waals surface area contributed by atoms with Gasteiger partial charge in [0.05, 0.1) is 12.6 Å². The highest BCUT2D eigenvalue weighted by Crippen LogP contribution is 2.31. The van der Waals surface area contributed by atoms with Gasteiger partial charge < -0.3 is 10.2 Å². The van der Waals surface area contributed by atoms with Crippen molar-refractivity contribution in [2.75, 3.05) is 32.7 Å². The molecule has 2 heterocycles. The summed E-state index contributed by atoms with van der Waals surface area (Å²) in [6.45, 7) is 3.37. The lowest BCUT2D eigenvalue weighted by Crippen LogP contribution is -2.51. The maximum absolute atomic E-state index is 12.7. The third kappa shape index (κ3) is 4.57. The van der Waals surface area contributed by atoms with E-state index in [-0.39, 0.29) is 17.9 Å². The van der Waals surface area contributed by atoms with Crippen LogP contribution in [-0.2, 0) is 9.59 Å². The van der Waals surface area contributed by atoms with E-state index in [4.69, 9.17) is 0 Å². The molecular formula is C21H25N3O2S. The summed E-state index contributed by atoms with van der Waals surface area (Å²) < 4.78 is 0. The van der Waals surface area contributed by atoms with Gasteiger partial charge in [0.25, 0.3) is 0 Å². The Balaban J connectivity index is 1.33. The zero-order valence-corrected chi connectivity index (χ0v) is 16.2. The summed E-state index contributed by atoms with van der Waals surface area (Å²) in [6, 6.07) is 14.0. The molecule has 1 aromatic heterocycles. The Morgan fingerprint density at radius 1 is 1.04 bits per heavy atom. The SMILES string of the molecule is O=C(CN1CCN(C(=O)C2CC2)CC1)N[C@@H](c1ccccc1)c1cccs1. The molecule has 2 fully saturated rings. The Morgan fingerprint density at radius 2 is 1.78 bits per heavy atom. The summed E-state index contributed by atoms with van der Waals surface area (Å²) in [5.74, 6) is 0.609. The smallest absolute Gasteiger partial charge is 0.234 e. The summed E-state index contributed by atoms with van der Waals surface area (Å²) in [6.07, 6.45) is 2.09. The van der Waals surface area contributed by atoms with E-state index in [0.29, 0.717) is 12.5 Å². The van der Waals surface area contributed by atoms with Gasteiger partial charge >= 0.3 is 0 Å². The predicted octanol–water partition coefficient (Wildman–Crippen LogP) is 2.51. The number of nitrogens with zero attached hydrogens (tertiary/aromatic N) is 2. The Bertz CT molecular complexity index is 766. The van der Waals surface area contributed by atoms with Gasteiger partial charge in [-0.25, -0.2) is 0 Å². The van der Waals surface area contributed by atoms with E-state index in [2.05, 4.69) is 16.3 Å². The normalized spacial score (nSPS) is 18.9. The molecule has 6 heteroatoms. The first kappa shape index (κ1) is 18.2. The second-order valence-electron chi connectivity index (χ2n) is 7.30. The number of thiophene rings is 1. The topological polar surface area (TPSA) is 52.7 Å². The standard InChI is InChI=1S/C21H25N3O2S/c25-19(15-23-10-12-24(13-11-23)21(26)17-8-9-17)22-20(18-7-4-14-27-18)16-5-2-1-3-6-16/h1-7,14,17,20H,8-13,15H2,(H,22,25)/t20-/m0/s1. The van der Waals surface area contributed by atoms with Crippen molar-refractivity contribution in [2.45, 2.75) is 18.9 Å². The van der Waals surface area contributed by atoms with Crippen LogP contribution in [0.2, 0.25) is 0 Å². The molecule has 1 saturated heterocycles. The van der Waals surface area contributed by atoms with Crippen molar-refractivity contribution < 1.29 is 9.59 Å². The molecule has 1 aliphatic carbocycles. The van der Waals surface area contributed by atoms with E-state index in [0.717, 1.165) is 49.5 Å².